The van der Waals surface area contributed by atoms with Crippen molar-refractivity contribution in [2.75, 3.05) is 13.7 Å². The number of hydrogen-bond acceptors (Lipinski definition) is 4. The Balaban J connectivity index is 1.74. The van der Waals surface area contributed by atoms with E-state index in [4.69, 9.17) is 4.74 Å². The van der Waals surface area contributed by atoms with Crippen LogP contribution in [0.5, 0.6) is 11.5 Å². The van der Waals surface area contributed by atoms with Gasteiger partial charge >= 0.3 is 0 Å². The number of phenolic OH excluding ortho intramolecular Hbond substituents is 1. The second-order valence-corrected chi connectivity index (χ2v) is 7.34. The summed E-state index contributed by atoms with van der Waals surface area (Å²) in [5.41, 5.74) is 2.52. The van der Waals surface area contributed by atoms with Gasteiger partial charge < -0.3 is 20.5 Å². The van der Waals surface area contributed by atoms with Gasteiger partial charge in [0.25, 0.3) is 5.91 Å². The molecule has 2 aromatic carbocycles. The van der Waals surface area contributed by atoms with Gasteiger partial charge in [-0.3, -0.25) is 4.79 Å². The summed E-state index contributed by atoms with van der Waals surface area (Å²) >= 11 is 3.46. The first kappa shape index (κ1) is 18.7. The maximum Gasteiger partial charge on any atom is 0.251 e. The van der Waals surface area contributed by atoms with Crippen LogP contribution >= 0.6 is 15.9 Å². The van der Waals surface area contributed by atoms with E-state index >= 15 is 0 Å². The summed E-state index contributed by atoms with van der Waals surface area (Å²) in [5, 5.41) is 16.3. The molecule has 3 N–H and O–H groups in total. The summed E-state index contributed by atoms with van der Waals surface area (Å²) in [7, 11) is 1.50. The van der Waals surface area contributed by atoms with Crippen molar-refractivity contribution in [3.8, 4) is 11.5 Å². The Kier molecular flexibility index (Phi) is 6.16. The van der Waals surface area contributed by atoms with Gasteiger partial charge in [0.2, 0.25) is 0 Å². The molecule has 26 heavy (non-hydrogen) atoms. The lowest BCUT2D eigenvalue weighted by Gasteiger charge is -2.25. The monoisotopic (exact) mass is 418 g/mol. The number of carbonyl (C=O) groups is 1. The highest BCUT2D eigenvalue weighted by atomic mass is 79.9. The molecule has 0 radical (unpaired) electrons. The molecule has 1 unspecified atom stereocenters. The molecule has 0 aromatic heterocycles. The average molecular weight is 419 g/mol. The van der Waals surface area contributed by atoms with E-state index in [1.807, 2.05) is 24.3 Å². The first-order valence-corrected chi connectivity index (χ1v) is 9.54. The lowest BCUT2D eigenvalue weighted by molar-refractivity contribution is 0.0948. The smallest absolute Gasteiger partial charge is 0.251 e. The van der Waals surface area contributed by atoms with Gasteiger partial charge in [0.15, 0.2) is 11.5 Å². The van der Waals surface area contributed by atoms with Crippen molar-refractivity contribution in [2.45, 2.75) is 31.8 Å². The van der Waals surface area contributed by atoms with Crippen molar-refractivity contribution in [3.63, 3.8) is 0 Å². The molecule has 1 atom stereocenters. The molecular weight excluding hydrogens is 396 g/mol. The van der Waals surface area contributed by atoms with Gasteiger partial charge in [0.1, 0.15) is 0 Å². The number of benzene rings is 2. The topological polar surface area (TPSA) is 70.6 Å². The zero-order valence-electron chi connectivity index (χ0n) is 14.7. The van der Waals surface area contributed by atoms with Crippen molar-refractivity contribution >= 4 is 21.8 Å². The Morgan fingerprint density at radius 2 is 2.15 bits per heavy atom. The van der Waals surface area contributed by atoms with Gasteiger partial charge in [-0.2, -0.15) is 0 Å². The highest BCUT2D eigenvalue weighted by Crippen LogP contribution is 2.29. The van der Waals surface area contributed by atoms with E-state index < -0.39 is 0 Å². The molecule has 1 aliphatic heterocycles. The van der Waals surface area contributed by atoms with Crippen LogP contribution in [0.15, 0.2) is 40.9 Å². The Morgan fingerprint density at radius 3 is 2.85 bits per heavy atom. The Hall–Kier alpha value is -2.05. The Bertz CT molecular complexity index is 789. The zero-order valence-corrected chi connectivity index (χ0v) is 16.3. The number of methoxy groups -OCH3 is 1. The van der Waals surface area contributed by atoms with Gasteiger partial charge in [-0.1, -0.05) is 34.5 Å². The zero-order chi connectivity index (χ0) is 18.5. The number of hydrogen-bond donors (Lipinski definition) is 3. The van der Waals surface area contributed by atoms with Gasteiger partial charge in [-0.15, -0.1) is 0 Å². The fourth-order valence-corrected chi connectivity index (χ4v) is 3.63. The van der Waals surface area contributed by atoms with Gasteiger partial charge in [0, 0.05) is 22.6 Å². The first-order chi connectivity index (χ1) is 12.6. The van der Waals surface area contributed by atoms with Gasteiger partial charge in [-0.05, 0) is 54.8 Å². The second kappa shape index (κ2) is 8.56. The minimum atomic E-state index is -0.121. The Morgan fingerprint density at radius 1 is 1.31 bits per heavy atom. The first-order valence-electron chi connectivity index (χ1n) is 8.75. The van der Waals surface area contributed by atoms with Crippen LogP contribution in [0, 0.1) is 0 Å². The molecule has 6 heteroatoms. The number of rotatable bonds is 5. The van der Waals surface area contributed by atoms with Crippen molar-refractivity contribution < 1.29 is 14.6 Å². The maximum absolute atomic E-state index is 12.8. The summed E-state index contributed by atoms with van der Waals surface area (Å²) in [4.78, 5) is 12.8. The van der Waals surface area contributed by atoms with Crippen LogP contribution < -0.4 is 15.4 Å². The molecular formula is C20H23BrN2O3. The van der Waals surface area contributed by atoms with E-state index in [2.05, 4.69) is 26.6 Å². The Labute approximate surface area is 161 Å². The molecule has 0 spiro atoms. The lowest BCUT2D eigenvalue weighted by atomic mass is 9.93. The van der Waals surface area contributed by atoms with E-state index in [1.54, 1.807) is 12.1 Å². The molecule has 1 aliphatic rings. The van der Waals surface area contributed by atoms with Gasteiger partial charge in [0.05, 0.1) is 7.11 Å². The van der Waals surface area contributed by atoms with E-state index in [9.17, 15) is 9.90 Å². The van der Waals surface area contributed by atoms with Crippen LogP contribution in [0.4, 0.5) is 0 Å². The minimum absolute atomic E-state index is 0.0637. The van der Waals surface area contributed by atoms with E-state index in [-0.39, 0.29) is 17.7 Å². The highest BCUT2D eigenvalue weighted by Gasteiger charge is 2.21. The van der Waals surface area contributed by atoms with E-state index in [1.165, 1.54) is 20.0 Å². The third-order valence-corrected chi connectivity index (χ3v) is 5.14. The van der Waals surface area contributed by atoms with Crippen molar-refractivity contribution in [2.24, 2.45) is 0 Å². The number of phenols is 1. The molecule has 1 heterocycles. The minimum Gasteiger partial charge on any atom is -0.504 e. The van der Waals surface area contributed by atoms with Gasteiger partial charge in [-0.25, -0.2) is 0 Å². The number of nitrogens with one attached hydrogen (secondary N) is 2. The third-order valence-electron chi connectivity index (χ3n) is 4.64. The lowest BCUT2D eigenvalue weighted by Crippen LogP contribution is -2.30. The fraction of sp³-hybridized carbons (Fsp3) is 0.350. The number of aromatic hydroxyl groups is 1. The van der Waals surface area contributed by atoms with Crippen molar-refractivity contribution in [3.05, 3.63) is 57.6 Å². The van der Waals surface area contributed by atoms with Crippen LogP contribution in [0.25, 0.3) is 0 Å². The molecule has 0 aliphatic carbocycles. The highest BCUT2D eigenvalue weighted by molar-refractivity contribution is 9.10. The number of ether oxygens (including phenoxy) is 1. The van der Waals surface area contributed by atoms with Crippen LogP contribution in [0.1, 0.15) is 46.8 Å². The largest absolute Gasteiger partial charge is 0.504 e. The molecule has 0 bridgehead atoms. The second-order valence-electron chi connectivity index (χ2n) is 6.42. The molecule has 5 nitrogen and oxygen atoms in total. The van der Waals surface area contributed by atoms with Crippen LogP contribution in [0.3, 0.4) is 0 Å². The molecule has 2 aromatic rings. The normalized spacial score (nSPS) is 16.9. The van der Waals surface area contributed by atoms with Crippen molar-refractivity contribution in [1.82, 2.24) is 10.6 Å². The van der Waals surface area contributed by atoms with Crippen LogP contribution in [-0.4, -0.2) is 24.7 Å². The predicted molar refractivity (Wildman–Crippen MR) is 105 cm³/mol. The number of carbonyl (C=O) groups excluding carboxylic acids is 1. The quantitative estimate of drug-likeness (QED) is 0.688. The molecule has 0 saturated carbocycles. The SMILES string of the molecule is COc1ccc(CNC(=O)c2cc(Br)ccc2C2CCCCN2)cc1O. The number of halogens is 1. The molecule has 138 valence electrons. The van der Waals surface area contributed by atoms with E-state index in [0.29, 0.717) is 17.9 Å². The summed E-state index contributed by atoms with van der Waals surface area (Å²) in [6.07, 6.45) is 3.38. The number of amides is 1. The predicted octanol–water partition coefficient (Wildman–Crippen LogP) is 3.91. The average Bonchev–Trinajstić information content (AvgIpc) is 2.67. The summed E-state index contributed by atoms with van der Waals surface area (Å²) in [6, 6.07) is 11.2. The summed E-state index contributed by atoms with van der Waals surface area (Å²) in [5.74, 6) is 0.357. The van der Waals surface area contributed by atoms with Crippen LogP contribution in [0.2, 0.25) is 0 Å². The molecule has 1 amide bonds. The fourth-order valence-electron chi connectivity index (χ4n) is 3.27. The third kappa shape index (κ3) is 4.37. The summed E-state index contributed by atoms with van der Waals surface area (Å²) < 4.78 is 5.92. The molecule has 1 fully saturated rings. The van der Waals surface area contributed by atoms with Crippen molar-refractivity contribution in [1.29, 1.82) is 0 Å². The number of piperidine rings is 1. The standard InChI is InChI=1S/C20H23BrN2O3/c1-26-19-8-5-13(10-18(19)24)12-23-20(25)16-11-14(21)6-7-15(16)17-4-2-3-9-22-17/h5-8,10-11,17,22,24H,2-4,9,12H2,1H3,(H,23,25). The van der Waals surface area contributed by atoms with E-state index in [0.717, 1.165) is 28.6 Å². The van der Waals surface area contributed by atoms with Crippen LogP contribution in [-0.2, 0) is 6.54 Å². The molecule has 1 saturated heterocycles. The summed E-state index contributed by atoms with van der Waals surface area (Å²) in [6.45, 7) is 1.31. The maximum atomic E-state index is 12.8. The molecule has 3 rings (SSSR count).